The van der Waals surface area contributed by atoms with Crippen molar-refractivity contribution >= 4 is 11.9 Å². The molecule has 1 aromatic heterocycles. The van der Waals surface area contributed by atoms with Crippen molar-refractivity contribution in [3.05, 3.63) is 0 Å². The Bertz CT molecular complexity index is 370. The van der Waals surface area contributed by atoms with Crippen LogP contribution in [0.4, 0.5) is 11.9 Å². The Labute approximate surface area is 94.6 Å². The molecule has 0 aliphatic heterocycles. The van der Waals surface area contributed by atoms with Crippen LogP contribution in [0.1, 0.15) is 26.7 Å². The first kappa shape index (κ1) is 10.9. The van der Waals surface area contributed by atoms with Gasteiger partial charge in [-0.05, 0) is 19.3 Å². The summed E-state index contributed by atoms with van der Waals surface area (Å²) in [7, 11) is 0. The van der Waals surface area contributed by atoms with Crippen LogP contribution in [0.15, 0.2) is 0 Å². The van der Waals surface area contributed by atoms with Gasteiger partial charge in [-0.1, -0.05) is 13.3 Å². The second-order valence-electron chi connectivity index (χ2n) is 3.89. The maximum absolute atomic E-state index is 5.57. The summed E-state index contributed by atoms with van der Waals surface area (Å²) in [6, 6.07) is 0.757. The van der Waals surface area contributed by atoms with Crippen molar-refractivity contribution in [1.82, 2.24) is 15.0 Å². The standard InChI is InChI=1S/C10H17N5O/c1-3-6-5-7(6)12-9-13-8(11)14-10(15-9)16-4-2/h6-7H,3-5H2,1-2H3,(H3,11,12,13,14,15). The number of hydrogen-bond donors (Lipinski definition) is 2. The minimum atomic E-state index is 0.189. The maximum atomic E-state index is 5.57. The van der Waals surface area contributed by atoms with Gasteiger partial charge in [-0.15, -0.1) is 0 Å². The smallest absolute Gasteiger partial charge is 0.323 e. The van der Waals surface area contributed by atoms with Crippen LogP contribution in [0.5, 0.6) is 6.01 Å². The average Bonchev–Trinajstić information content (AvgIpc) is 2.96. The summed E-state index contributed by atoms with van der Waals surface area (Å²) >= 11 is 0. The molecule has 16 heavy (non-hydrogen) atoms. The van der Waals surface area contributed by atoms with Crippen LogP contribution < -0.4 is 15.8 Å². The first-order valence-corrected chi connectivity index (χ1v) is 5.63. The van der Waals surface area contributed by atoms with Crippen molar-refractivity contribution in [3.63, 3.8) is 0 Å². The van der Waals surface area contributed by atoms with Gasteiger partial charge >= 0.3 is 6.01 Å². The van der Waals surface area contributed by atoms with Crippen molar-refractivity contribution < 1.29 is 4.74 Å². The molecule has 1 heterocycles. The second kappa shape index (κ2) is 4.51. The molecule has 6 nitrogen and oxygen atoms in total. The predicted octanol–water partition coefficient (Wildman–Crippen LogP) is 1.06. The molecule has 6 heteroatoms. The van der Waals surface area contributed by atoms with Gasteiger partial charge in [0.15, 0.2) is 0 Å². The number of anilines is 2. The fourth-order valence-electron chi connectivity index (χ4n) is 1.67. The van der Waals surface area contributed by atoms with Crippen molar-refractivity contribution in [2.45, 2.75) is 32.7 Å². The van der Waals surface area contributed by atoms with E-state index in [-0.39, 0.29) is 12.0 Å². The lowest BCUT2D eigenvalue weighted by molar-refractivity contribution is 0.312. The number of hydrogen-bond acceptors (Lipinski definition) is 6. The fraction of sp³-hybridized carbons (Fsp3) is 0.700. The zero-order chi connectivity index (χ0) is 11.5. The van der Waals surface area contributed by atoms with E-state index >= 15 is 0 Å². The van der Waals surface area contributed by atoms with E-state index in [0.29, 0.717) is 18.6 Å². The largest absolute Gasteiger partial charge is 0.464 e. The highest BCUT2D eigenvalue weighted by molar-refractivity contribution is 5.35. The van der Waals surface area contributed by atoms with Crippen molar-refractivity contribution in [2.75, 3.05) is 17.7 Å². The van der Waals surface area contributed by atoms with Crippen LogP contribution in [0.3, 0.4) is 0 Å². The molecule has 2 unspecified atom stereocenters. The summed E-state index contributed by atoms with van der Waals surface area (Å²) in [5.74, 6) is 1.43. The first-order chi connectivity index (χ1) is 7.72. The molecule has 0 aromatic carbocycles. The Balaban J connectivity index is 2.03. The highest BCUT2D eigenvalue weighted by Crippen LogP contribution is 2.35. The fourth-order valence-corrected chi connectivity index (χ4v) is 1.67. The molecular weight excluding hydrogens is 206 g/mol. The lowest BCUT2D eigenvalue weighted by atomic mass is 10.3. The maximum Gasteiger partial charge on any atom is 0.323 e. The van der Waals surface area contributed by atoms with Crippen molar-refractivity contribution in [3.8, 4) is 6.01 Å². The van der Waals surface area contributed by atoms with Crippen LogP contribution in [-0.4, -0.2) is 27.6 Å². The van der Waals surface area contributed by atoms with Gasteiger partial charge in [0.1, 0.15) is 0 Å². The normalized spacial score (nSPS) is 22.9. The monoisotopic (exact) mass is 223 g/mol. The summed E-state index contributed by atoms with van der Waals surface area (Å²) in [5.41, 5.74) is 5.57. The SMILES string of the molecule is CCOc1nc(N)nc(NC2CC2CC)n1. The summed E-state index contributed by atoms with van der Waals surface area (Å²) in [5, 5.41) is 3.23. The summed E-state index contributed by atoms with van der Waals surface area (Å²) in [4.78, 5) is 12.0. The molecule has 1 aromatic rings. The summed E-state index contributed by atoms with van der Waals surface area (Å²) < 4.78 is 5.20. The van der Waals surface area contributed by atoms with E-state index in [9.17, 15) is 0 Å². The molecule has 0 bridgehead atoms. The number of nitrogen functional groups attached to an aromatic ring is 1. The van der Waals surface area contributed by atoms with Gasteiger partial charge in [0.2, 0.25) is 11.9 Å². The van der Waals surface area contributed by atoms with Crippen LogP contribution >= 0.6 is 0 Å². The summed E-state index contributed by atoms with van der Waals surface area (Å²) in [6.45, 7) is 4.57. The molecule has 1 aliphatic carbocycles. The molecule has 0 amide bonds. The molecular formula is C10H17N5O. The lowest BCUT2D eigenvalue weighted by Gasteiger charge is -2.06. The minimum absolute atomic E-state index is 0.189. The van der Waals surface area contributed by atoms with Gasteiger partial charge in [-0.3, -0.25) is 0 Å². The quantitative estimate of drug-likeness (QED) is 0.776. The highest BCUT2D eigenvalue weighted by Gasteiger charge is 2.35. The Morgan fingerprint density at radius 3 is 2.81 bits per heavy atom. The predicted molar refractivity (Wildman–Crippen MR) is 61.2 cm³/mol. The molecule has 1 aliphatic rings. The Morgan fingerprint density at radius 1 is 1.38 bits per heavy atom. The number of nitrogens with zero attached hydrogens (tertiary/aromatic N) is 3. The Kier molecular flexibility index (Phi) is 3.07. The molecule has 3 N–H and O–H groups in total. The van der Waals surface area contributed by atoms with Gasteiger partial charge in [0.05, 0.1) is 6.61 Å². The molecule has 0 saturated heterocycles. The molecule has 2 rings (SSSR count). The van der Waals surface area contributed by atoms with Gasteiger partial charge in [-0.25, -0.2) is 0 Å². The van der Waals surface area contributed by atoms with E-state index in [1.807, 2.05) is 6.92 Å². The van der Waals surface area contributed by atoms with Crippen molar-refractivity contribution in [1.29, 1.82) is 0 Å². The zero-order valence-electron chi connectivity index (χ0n) is 9.60. The Hall–Kier alpha value is -1.59. The molecule has 0 radical (unpaired) electrons. The molecule has 2 atom stereocenters. The number of nitrogens with one attached hydrogen (secondary N) is 1. The van der Waals surface area contributed by atoms with Gasteiger partial charge in [-0.2, -0.15) is 15.0 Å². The third-order valence-electron chi connectivity index (χ3n) is 2.67. The van der Waals surface area contributed by atoms with Gasteiger partial charge < -0.3 is 15.8 Å². The molecule has 1 fully saturated rings. The van der Waals surface area contributed by atoms with E-state index in [4.69, 9.17) is 10.5 Å². The second-order valence-corrected chi connectivity index (χ2v) is 3.89. The number of ether oxygens (including phenoxy) is 1. The number of nitrogens with two attached hydrogens (primary N) is 1. The topological polar surface area (TPSA) is 86.0 Å². The average molecular weight is 223 g/mol. The number of aromatic nitrogens is 3. The van der Waals surface area contributed by atoms with E-state index in [2.05, 4.69) is 27.2 Å². The lowest BCUT2D eigenvalue weighted by Crippen LogP contribution is -2.11. The van der Waals surface area contributed by atoms with Crippen molar-refractivity contribution in [2.24, 2.45) is 5.92 Å². The van der Waals surface area contributed by atoms with E-state index in [1.54, 1.807) is 0 Å². The molecule has 88 valence electrons. The summed E-state index contributed by atoms with van der Waals surface area (Å²) in [6.07, 6.45) is 2.35. The molecule has 1 saturated carbocycles. The minimum Gasteiger partial charge on any atom is -0.464 e. The Morgan fingerprint density at radius 2 is 2.19 bits per heavy atom. The van der Waals surface area contributed by atoms with Gasteiger partial charge in [0.25, 0.3) is 0 Å². The first-order valence-electron chi connectivity index (χ1n) is 5.63. The van der Waals surface area contributed by atoms with Crippen LogP contribution in [-0.2, 0) is 0 Å². The van der Waals surface area contributed by atoms with E-state index in [1.165, 1.54) is 12.8 Å². The van der Waals surface area contributed by atoms with Crippen LogP contribution in [0, 0.1) is 5.92 Å². The van der Waals surface area contributed by atoms with Crippen LogP contribution in [0.25, 0.3) is 0 Å². The van der Waals surface area contributed by atoms with Gasteiger partial charge in [0, 0.05) is 6.04 Å². The molecule has 0 spiro atoms. The highest BCUT2D eigenvalue weighted by atomic mass is 16.5. The van der Waals surface area contributed by atoms with E-state index in [0.717, 1.165) is 5.92 Å². The van der Waals surface area contributed by atoms with E-state index < -0.39 is 0 Å². The third kappa shape index (κ3) is 2.50. The zero-order valence-corrected chi connectivity index (χ0v) is 9.60. The number of rotatable bonds is 5. The van der Waals surface area contributed by atoms with Crippen LogP contribution in [0.2, 0.25) is 0 Å². The third-order valence-corrected chi connectivity index (χ3v) is 2.67.